The van der Waals surface area contributed by atoms with E-state index in [0.717, 1.165) is 0 Å². The Morgan fingerprint density at radius 2 is 1.71 bits per heavy atom. The second kappa shape index (κ2) is 7.41. The number of carboxylic acid groups (broad SMARTS) is 1. The van der Waals surface area contributed by atoms with E-state index in [1.54, 1.807) is 0 Å². The fourth-order valence-corrected chi connectivity index (χ4v) is 1.58. The van der Waals surface area contributed by atoms with E-state index in [1.807, 2.05) is 5.32 Å². The normalized spacial score (nSPS) is 11.9. The van der Waals surface area contributed by atoms with Crippen LogP contribution >= 0.6 is 0 Å². The Balaban J connectivity index is 2.94. The largest absolute Gasteiger partial charge is 0.497 e. The molecule has 0 aliphatic heterocycles. The molecule has 116 valence electrons. The van der Waals surface area contributed by atoms with E-state index in [1.165, 1.54) is 32.4 Å². The number of ether oxygens (including phenoxy) is 2. The summed E-state index contributed by atoms with van der Waals surface area (Å²) in [5.74, 6) is -1.70. The zero-order chi connectivity index (χ0) is 16.0. The van der Waals surface area contributed by atoms with E-state index in [2.05, 4.69) is 0 Å². The zero-order valence-corrected chi connectivity index (χ0v) is 11.4. The molecular weight excluding hydrogens is 288 g/mol. The van der Waals surface area contributed by atoms with Gasteiger partial charge in [0.05, 0.1) is 14.2 Å². The van der Waals surface area contributed by atoms with E-state index >= 15 is 0 Å². The van der Waals surface area contributed by atoms with Gasteiger partial charge in [-0.3, -0.25) is 4.79 Å². The number of carbonyl (C=O) groups excluding carboxylic acids is 1. The maximum Gasteiger partial charge on any atom is 0.326 e. The van der Waals surface area contributed by atoms with Gasteiger partial charge in [0.15, 0.2) is 0 Å². The van der Waals surface area contributed by atoms with Crippen LogP contribution in [0.2, 0.25) is 0 Å². The molecule has 1 aromatic carbocycles. The Labute approximate surface area is 119 Å². The van der Waals surface area contributed by atoms with Crippen LogP contribution in [0, 0.1) is 0 Å². The van der Waals surface area contributed by atoms with E-state index in [4.69, 9.17) is 14.6 Å². The molecule has 0 fully saturated rings. The van der Waals surface area contributed by atoms with Crippen LogP contribution in [0.15, 0.2) is 18.2 Å². The summed E-state index contributed by atoms with van der Waals surface area (Å²) in [4.78, 5) is 22.8. The highest BCUT2D eigenvalue weighted by molar-refractivity contribution is 5.97. The van der Waals surface area contributed by atoms with Gasteiger partial charge in [0.25, 0.3) is 5.91 Å². The highest BCUT2D eigenvalue weighted by atomic mass is 19.3. The van der Waals surface area contributed by atoms with Crippen LogP contribution in [-0.2, 0) is 4.79 Å². The van der Waals surface area contributed by atoms with Gasteiger partial charge in [0, 0.05) is 18.1 Å². The molecule has 0 aromatic heterocycles. The summed E-state index contributed by atoms with van der Waals surface area (Å²) in [5, 5.41) is 10.9. The van der Waals surface area contributed by atoms with Crippen LogP contribution in [0.3, 0.4) is 0 Å². The number of halogens is 2. The molecule has 1 rings (SSSR count). The van der Waals surface area contributed by atoms with E-state index in [0.29, 0.717) is 11.5 Å². The van der Waals surface area contributed by atoms with Gasteiger partial charge in [0.1, 0.15) is 17.5 Å². The summed E-state index contributed by atoms with van der Waals surface area (Å²) < 4.78 is 34.5. The lowest BCUT2D eigenvalue weighted by Crippen LogP contribution is -2.42. The highest BCUT2D eigenvalue weighted by Gasteiger charge is 2.25. The summed E-state index contributed by atoms with van der Waals surface area (Å²) in [7, 11) is 2.76. The molecule has 0 aliphatic carbocycles. The summed E-state index contributed by atoms with van der Waals surface area (Å²) in [6.07, 6.45) is -3.81. The molecule has 0 heterocycles. The molecule has 1 aromatic rings. The SMILES string of the molecule is COc1cc(OC)cc(C(=O)NC(CC(F)F)C(=O)O)c1. The highest BCUT2D eigenvalue weighted by Crippen LogP contribution is 2.22. The van der Waals surface area contributed by atoms with Crippen LogP contribution in [0.25, 0.3) is 0 Å². The lowest BCUT2D eigenvalue weighted by atomic mass is 10.1. The van der Waals surface area contributed by atoms with Crippen molar-refractivity contribution in [3.05, 3.63) is 23.8 Å². The molecule has 0 spiro atoms. The van der Waals surface area contributed by atoms with Gasteiger partial charge in [-0.05, 0) is 12.1 Å². The van der Waals surface area contributed by atoms with Crippen LogP contribution < -0.4 is 14.8 Å². The average molecular weight is 303 g/mol. The first kappa shape index (κ1) is 16.7. The van der Waals surface area contributed by atoms with Crippen molar-refractivity contribution in [2.45, 2.75) is 18.9 Å². The maximum atomic E-state index is 12.3. The van der Waals surface area contributed by atoms with E-state index < -0.39 is 30.8 Å². The second-order valence-electron chi connectivity index (χ2n) is 4.09. The van der Waals surface area contributed by atoms with Gasteiger partial charge in [-0.1, -0.05) is 0 Å². The number of alkyl halides is 2. The fraction of sp³-hybridized carbons (Fsp3) is 0.385. The van der Waals surface area contributed by atoms with Gasteiger partial charge in [-0.15, -0.1) is 0 Å². The average Bonchev–Trinajstić information content (AvgIpc) is 2.45. The number of hydrogen-bond acceptors (Lipinski definition) is 4. The molecule has 1 amide bonds. The van der Waals surface area contributed by atoms with Gasteiger partial charge in [-0.25, -0.2) is 13.6 Å². The maximum absolute atomic E-state index is 12.3. The number of amides is 1. The molecule has 8 heteroatoms. The first-order valence-corrected chi connectivity index (χ1v) is 5.92. The molecule has 1 atom stereocenters. The van der Waals surface area contributed by atoms with Gasteiger partial charge in [0.2, 0.25) is 6.43 Å². The Morgan fingerprint density at radius 3 is 2.10 bits per heavy atom. The van der Waals surface area contributed by atoms with Crippen molar-refractivity contribution in [3.8, 4) is 11.5 Å². The number of methoxy groups -OCH3 is 2. The van der Waals surface area contributed by atoms with Crippen LogP contribution in [-0.4, -0.2) is 43.7 Å². The summed E-state index contributed by atoms with van der Waals surface area (Å²) in [6.45, 7) is 0. The number of carbonyl (C=O) groups is 2. The fourth-order valence-electron chi connectivity index (χ4n) is 1.58. The van der Waals surface area contributed by atoms with Crippen LogP contribution in [0.1, 0.15) is 16.8 Å². The summed E-state index contributed by atoms with van der Waals surface area (Å²) in [5.41, 5.74) is 0.0479. The quantitative estimate of drug-likeness (QED) is 0.798. The predicted molar refractivity (Wildman–Crippen MR) is 69.1 cm³/mol. The lowest BCUT2D eigenvalue weighted by Gasteiger charge is -2.15. The lowest BCUT2D eigenvalue weighted by molar-refractivity contribution is -0.140. The van der Waals surface area contributed by atoms with Crippen molar-refractivity contribution in [2.75, 3.05) is 14.2 Å². The van der Waals surface area contributed by atoms with Crippen molar-refractivity contribution in [1.82, 2.24) is 5.32 Å². The van der Waals surface area contributed by atoms with Crippen molar-refractivity contribution >= 4 is 11.9 Å². The van der Waals surface area contributed by atoms with Crippen molar-refractivity contribution in [1.29, 1.82) is 0 Å². The number of aliphatic carboxylic acids is 1. The topological polar surface area (TPSA) is 84.9 Å². The second-order valence-corrected chi connectivity index (χ2v) is 4.09. The molecule has 6 nitrogen and oxygen atoms in total. The standard InChI is InChI=1S/C13H15F2NO5/c1-20-8-3-7(4-9(5-8)21-2)12(17)16-10(13(18)19)6-11(14)15/h3-5,10-11H,6H2,1-2H3,(H,16,17)(H,18,19). The Kier molecular flexibility index (Phi) is 5.89. The predicted octanol–water partition coefficient (Wildman–Crippen LogP) is 1.54. The monoisotopic (exact) mass is 303 g/mol. The van der Waals surface area contributed by atoms with E-state index in [9.17, 15) is 18.4 Å². The minimum absolute atomic E-state index is 0.0479. The van der Waals surface area contributed by atoms with Crippen LogP contribution in [0.4, 0.5) is 8.78 Å². The summed E-state index contributed by atoms with van der Waals surface area (Å²) >= 11 is 0. The number of carboxylic acids is 1. The molecule has 1 unspecified atom stereocenters. The number of benzene rings is 1. The molecule has 0 radical (unpaired) electrons. The third-order valence-electron chi connectivity index (χ3n) is 2.63. The third-order valence-corrected chi connectivity index (χ3v) is 2.63. The Bertz CT molecular complexity index is 499. The molecule has 21 heavy (non-hydrogen) atoms. The van der Waals surface area contributed by atoms with Crippen molar-refractivity contribution in [3.63, 3.8) is 0 Å². The zero-order valence-electron chi connectivity index (χ0n) is 11.4. The number of hydrogen-bond donors (Lipinski definition) is 2. The third kappa shape index (κ3) is 4.90. The Hall–Kier alpha value is -2.38. The first-order chi connectivity index (χ1) is 9.87. The van der Waals surface area contributed by atoms with Crippen molar-refractivity contribution in [2.24, 2.45) is 0 Å². The molecule has 0 aliphatic rings. The smallest absolute Gasteiger partial charge is 0.326 e. The van der Waals surface area contributed by atoms with Crippen LogP contribution in [0.5, 0.6) is 11.5 Å². The molecule has 0 saturated carbocycles. The van der Waals surface area contributed by atoms with Gasteiger partial charge in [-0.2, -0.15) is 0 Å². The van der Waals surface area contributed by atoms with Gasteiger partial charge >= 0.3 is 5.97 Å². The molecular formula is C13H15F2NO5. The first-order valence-electron chi connectivity index (χ1n) is 5.92. The van der Waals surface area contributed by atoms with Crippen molar-refractivity contribution < 1.29 is 33.0 Å². The molecule has 0 saturated heterocycles. The summed E-state index contributed by atoms with van der Waals surface area (Å²) in [6, 6.07) is 2.54. The Morgan fingerprint density at radius 1 is 1.19 bits per heavy atom. The van der Waals surface area contributed by atoms with Gasteiger partial charge < -0.3 is 19.9 Å². The number of nitrogens with one attached hydrogen (secondary N) is 1. The minimum atomic E-state index is -2.84. The number of rotatable bonds is 7. The minimum Gasteiger partial charge on any atom is -0.497 e. The van der Waals surface area contributed by atoms with E-state index in [-0.39, 0.29) is 5.56 Å². The molecule has 2 N–H and O–H groups in total. The molecule has 0 bridgehead atoms.